The van der Waals surface area contributed by atoms with Crippen LogP contribution in [-0.2, 0) is 13.5 Å². The molecule has 0 amide bonds. The Labute approximate surface area is 81.3 Å². The van der Waals surface area contributed by atoms with Gasteiger partial charge >= 0.3 is 5.69 Å². The molecule has 4 heteroatoms. The molecular weight excluding hydrogens is 178 g/mol. The maximum Gasteiger partial charge on any atom is 0.326 e. The lowest BCUT2D eigenvalue weighted by Crippen LogP contribution is -2.13. The number of nitrogens with zero attached hydrogens (tertiary/aromatic N) is 1. The van der Waals surface area contributed by atoms with Gasteiger partial charge in [0.15, 0.2) is 0 Å². The number of aromatic nitrogens is 2. The molecule has 0 spiro atoms. The minimum atomic E-state index is -0.0792. The highest BCUT2D eigenvalue weighted by molar-refractivity contribution is 5.78. The zero-order valence-corrected chi connectivity index (χ0v) is 8.08. The van der Waals surface area contributed by atoms with E-state index in [-0.39, 0.29) is 5.69 Å². The first-order chi connectivity index (χ1) is 6.74. The summed E-state index contributed by atoms with van der Waals surface area (Å²) >= 11 is 0. The number of hydrogen-bond acceptors (Lipinski definition) is 2. The number of nitrogens with two attached hydrogens (primary N) is 1. The number of aryl methyl sites for hydroxylation is 1. The molecule has 0 bridgehead atoms. The Morgan fingerprint density at radius 1 is 1.50 bits per heavy atom. The molecule has 0 fully saturated rings. The third-order valence-corrected chi connectivity index (χ3v) is 2.41. The van der Waals surface area contributed by atoms with Gasteiger partial charge in [-0.05, 0) is 24.6 Å². The molecule has 3 N–H and O–H groups in total. The van der Waals surface area contributed by atoms with E-state index >= 15 is 0 Å². The fourth-order valence-corrected chi connectivity index (χ4v) is 1.75. The summed E-state index contributed by atoms with van der Waals surface area (Å²) in [5.41, 5.74) is 8.39. The highest BCUT2D eigenvalue weighted by atomic mass is 16.1. The quantitative estimate of drug-likeness (QED) is 0.720. The average molecular weight is 191 g/mol. The van der Waals surface area contributed by atoms with Crippen LogP contribution in [0.1, 0.15) is 5.56 Å². The molecule has 2 aromatic rings. The first-order valence-corrected chi connectivity index (χ1v) is 4.60. The predicted molar refractivity (Wildman–Crippen MR) is 56.3 cm³/mol. The first-order valence-electron chi connectivity index (χ1n) is 4.60. The van der Waals surface area contributed by atoms with Gasteiger partial charge in [-0.1, -0.05) is 12.1 Å². The Hall–Kier alpha value is -1.55. The first kappa shape index (κ1) is 9.02. The summed E-state index contributed by atoms with van der Waals surface area (Å²) in [5.74, 6) is 0. The van der Waals surface area contributed by atoms with E-state index in [0.29, 0.717) is 6.54 Å². The van der Waals surface area contributed by atoms with E-state index in [9.17, 15) is 4.79 Å². The molecule has 14 heavy (non-hydrogen) atoms. The zero-order chi connectivity index (χ0) is 10.1. The van der Waals surface area contributed by atoms with E-state index in [2.05, 4.69) is 4.98 Å². The van der Waals surface area contributed by atoms with Gasteiger partial charge in [0.05, 0.1) is 11.0 Å². The van der Waals surface area contributed by atoms with Crippen molar-refractivity contribution < 1.29 is 0 Å². The molecule has 74 valence electrons. The molecule has 1 aromatic carbocycles. The van der Waals surface area contributed by atoms with Crippen molar-refractivity contribution >= 4 is 11.0 Å². The van der Waals surface area contributed by atoms with Gasteiger partial charge in [-0.3, -0.25) is 4.57 Å². The van der Waals surface area contributed by atoms with Gasteiger partial charge < -0.3 is 10.7 Å². The van der Waals surface area contributed by atoms with Gasteiger partial charge in [0.1, 0.15) is 0 Å². The number of hydrogen-bond donors (Lipinski definition) is 2. The Morgan fingerprint density at radius 2 is 2.29 bits per heavy atom. The Morgan fingerprint density at radius 3 is 3.00 bits per heavy atom. The number of fused-ring (bicyclic) bond motifs is 1. The fraction of sp³-hybridized carbons (Fsp3) is 0.300. The Balaban J connectivity index is 2.77. The molecule has 1 aromatic heterocycles. The van der Waals surface area contributed by atoms with Crippen LogP contribution in [0.5, 0.6) is 0 Å². The summed E-state index contributed by atoms with van der Waals surface area (Å²) in [7, 11) is 1.77. The van der Waals surface area contributed by atoms with Gasteiger partial charge in [0.25, 0.3) is 0 Å². The van der Waals surface area contributed by atoms with Crippen LogP contribution >= 0.6 is 0 Å². The van der Waals surface area contributed by atoms with Crippen molar-refractivity contribution in [3.8, 4) is 0 Å². The van der Waals surface area contributed by atoms with E-state index in [0.717, 1.165) is 23.0 Å². The number of imidazole rings is 1. The van der Waals surface area contributed by atoms with Crippen molar-refractivity contribution in [2.24, 2.45) is 12.8 Å². The number of rotatable bonds is 2. The highest BCUT2D eigenvalue weighted by Crippen LogP contribution is 2.14. The number of H-pyrrole nitrogens is 1. The monoisotopic (exact) mass is 191 g/mol. The second kappa shape index (κ2) is 3.31. The normalized spacial score (nSPS) is 11.0. The summed E-state index contributed by atoms with van der Waals surface area (Å²) < 4.78 is 1.63. The summed E-state index contributed by atoms with van der Waals surface area (Å²) in [6.45, 7) is 0.596. The van der Waals surface area contributed by atoms with Crippen molar-refractivity contribution in [3.63, 3.8) is 0 Å². The van der Waals surface area contributed by atoms with E-state index in [1.54, 1.807) is 11.6 Å². The maximum absolute atomic E-state index is 11.4. The number of para-hydroxylation sites is 1. The Kier molecular flexibility index (Phi) is 2.13. The highest BCUT2D eigenvalue weighted by Gasteiger charge is 2.06. The SMILES string of the molecule is Cn1c(=O)[nH]c2cccc(CCN)c21. The molecule has 0 saturated carbocycles. The van der Waals surface area contributed by atoms with Crippen molar-refractivity contribution in [1.29, 1.82) is 0 Å². The van der Waals surface area contributed by atoms with Crippen LogP contribution in [0.25, 0.3) is 11.0 Å². The standard InChI is InChI=1S/C10H13N3O/c1-13-9-7(5-6-11)3-2-4-8(9)12-10(13)14/h2-4H,5-6,11H2,1H3,(H,12,14). The molecule has 0 aliphatic carbocycles. The molecule has 0 atom stereocenters. The van der Waals surface area contributed by atoms with Gasteiger partial charge in [0.2, 0.25) is 0 Å². The third-order valence-electron chi connectivity index (χ3n) is 2.41. The van der Waals surface area contributed by atoms with Crippen LogP contribution < -0.4 is 11.4 Å². The van der Waals surface area contributed by atoms with Crippen LogP contribution in [0, 0.1) is 0 Å². The molecule has 0 radical (unpaired) electrons. The molecule has 1 heterocycles. The van der Waals surface area contributed by atoms with Gasteiger partial charge in [-0.15, -0.1) is 0 Å². The molecule has 0 aliphatic heterocycles. The van der Waals surface area contributed by atoms with Crippen LogP contribution in [-0.4, -0.2) is 16.1 Å². The number of benzene rings is 1. The lowest BCUT2D eigenvalue weighted by molar-refractivity contribution is 0.878. The second-order valence-electron chi connectivity index (χ2n) is 3.34. The molecular formula is C10H13N3O. The third kappa shape index (κ3) is 1.24. The average Bonchev–Trinajstić information content (AvgIpc) is 2.45. The molecule has 0 saturated heterocycles. The van der Waals surface area contributed by atoms with Gasteiger partial charge in [-0.25, -0.2) is 4.79 Å². The van der Waals surface area contributed by atoms with E-state index in [1.165, 1.54) is 0 Å². The topological polar surface area (TPSA) is 63.8 Å². The van der Waals surface area contributed by atoms with Crippen molar-refractivity contribution in [2.45, 2.75) is 6.42 Å². The fourth-order valence-electron chi connectivity index (χ4n) is 1.75. The van der Waals surface area contributed by atoms with E-state index in [1.807, 2.05) is 18.2 Å². The smallest absolute Gasteiger partial charge is 0.326 e. The van der Waals surface area contributed by atoms with Gasteiger partial charge in [-0.2, -0.15) is 0 Å². The summed E-state index contributed by atoms with van der Waals surface area (Å²) in [5, 5.41) is 0. The largest absolute Gasteiger partial charge is 0.330 e. The number of nitrogens with one attached hydrogen (secondary N) is 1. The van der Waals surface area contributed by atoms with Crippen LogP contribution in [0.4, 0.5) is 0 Å². The zero-order valence-electron chi connectivity index (χ0n) is 8.08. The predicted octanol–water partition coefficient (Wildman–Crippen LogP) is 0.368. The summed E-state index contributed by atoms with van der Waals surface area (Å²) in [4.78, 5) is 14.2. The molecule has 4 nitrogen and oxygen atoms in total. The van der Waals surface area contributed by atoms with Crippen LogP contribution in [0.2, 0.25) is 0 Å². The summed E-state index contributed by atoms with van der Waals surface area (Å²) in [6, 6.07) is 5.84. The van der Waals surface area contributed by atoms with Crippen molar-refractivity contribution in [1.82, 2.24) is 9.55 Å². The Bertz CT molecular complexity index is 510. The lowest BCUT2D eigenvalue weighted by atomic mass is 10.1. The number of aromatic amines is 1. The minimum absolute atomic E-state index is 0.0792. The minimum Gasteiger partial charge on any atom is -0.330 e. The van der Waals surface area contributed by atoms with E-state index < -0.39 is 0 Å². The van der Waals surface area contributed by atoms with Crippen LogP contribution in [0.15, 0.2) is 23.0 Å². The second-order valence-corrected chi connectivity index (χ2v) is 3.34. The molecule has 0 unspecified atom stereocenters. The van der Waals surface area contributed by atoms with Gasteiger partial charge in [0, 0.05) is 7.05 Å². The molecule has 0 aliphatic rings. The lowest BCUT2D eigenvalue weighted by Gasteiger charge is -2.02. The van der Waals surface area contributed by atoms with Crippen molar-refractivity contribution in [3.05, 3.63) is 34.2 Å². The summed E-state index contributed by atoms with van der Waals surface area (Å²) in [6.07, 6.45) is 0.794. The maximum atomic E-state index is 11.4. The van der Waals surface area contributed by atoms with Crippen molar-refractivity contribution in [2.75, 3.05) is 6.54 Å². The molecule has 2 rings (SSSR count). The van der Waals surface area contributed by atoms with E-state index in [4.69, 9.17) is 5.73 Å². The van der Waals surface area contributed by atoms with Crippen LogP contribution in [0.3, 0.4) is 0 Å².